The van der Waals surface area contributed by atoms with Gasteiger partial charge >= 0.3 is 6.18 Å². The smallest absolute Gasteiger partial charge is 0.423 e. The highest BCUT2D eigenvalue weighted by Gasteiger charge is 2.52. The van der Waals surface area contributed by atoms with Gasteiger partial charge in [-0.15, -0.1) is 10.2 Å². The molecular weight excluding hydrogens is 652 g/mol. The average Bonchev–Trinajstić information content (AvgIpc) is 3.49. The van der Waals surface area contributed by atoms with Gasteiger partial charge in [0.15, 0.2) is 5.65 Å². The number of ether oxygens (including phenoxy) is 2. The van der Waals surface area contributed by atoms with Crippen LogP contribution in [0, 0.1) is 0 Å². The van der Waals surface area contributed by atoms with E-state index in [2.05, 4.69) is 75.4 Å². The van der Waals surface area contributed by atoms with Gasteiger partial charge in [-0.05, 0) is 34.0 Å². The number of anilines is 2. The first-order valence-corrected chi connectivity index (χ1v) is 18.2. The van der Waals surface area contributed by atoms with Crippen LogP contribution >= 0.6 is 0 Å². The number of aromatic nitrogens is 5. The highest BCUT2D eigenvalue weighted by molar-refractivity contribution is 6.99. The Labute approximate surface area is 283 Å². The van der Waals surface area contributed by atoms with Crippen LogP contribution in [-0.4, -0.2) is 77.4 Å². The van der Waals surface area contributed by atoms with E-state index in [1.54, 1.807) is 0 Å². The molecule has 5 heterocycles. The lowest BCUT2D eigenvalue weighted by Crippen LogP contribution is -2.69. The Morgan fingerprint density at radius 1 is 0.857 bits per heavy atom. The zero-order valence-electron chi connectivity index (χ0n) is 27.5. The summed E-state index contributed by atoms with van der Waals surface area (Å²) < 4.78 is 61.8. The second-order valence-electron chi connectivity index (χ2n) is 13.5. The topological polar surface area (TPSA) is 98.9 Å². The van der Waals surface area contributed by atoms with Crippen molar-refractivity contribution in [2.45, 2.75) is 56.7 Å². The second kappa shape index (κ2) is 13.1. The third kappa shape index (κ3) is 6.59. The second-order valence-corrected chi connectivity index (χ2v) is 17.8. The number of benzene rings is 2. The average molecular weight is 690 g/mol. The largest absolute Gasteiger partial charge is 0.469 e. The maximum atomic E-state index is 13.9. The van der Waals surface area contributed by atoms with Crippen molar-refractivity contribution in [3.63, 3.8) is 0 Å². The molecule has 0 saturated carbocycles. The van der Waals surface area contributed by atoms with E-state index in [-0.39, 0.29) is 36.3 Å². The van der Waals surface area contributed by atoms with E-state index in [1.807, 2.05) is 65.2 Å². The van der Waals surface area contributed by atoms with Crippen LogP contribution in [0.1, 0.15) is 32.8 Å². The lowest BCUT2D eigenvalue weighted by atomic mass is 10.0. The zero-order chi connectivity index (χ0) is 34.2. The van der Waals surface area contributed by atoms with E-state index in [0.717, 1.165) is 16.6 Å². The standard InChI is InChI=1S/C35H38F3N7O3Si/c1-34(2,3)49(27-12-6-4-7-13-27,28-14-8-5-9-15-28)48-25-18-24(20-44(21-25)33-43-42-30-16-10-11-17-45(30)33)40-32-39-19-29(35(36,37)38)31(41-32)47-26-22-46-23-26/h4-17,19,24-26H,18,20-23H2,1-3H3,(H,39,40,41)/t24-,25-/m1/s1. The number of nitrogens with one attached hydrogen (secondary N) is 1. The molecule has 2 atom stereocenters. The maximum Gasteiger partial charge on any atom is 0.423 e. The summed E-state index contributed by atoms with van der Waals surface area (Å²) in [5.74, 6) is 0.153. The van der Waals surface area contributed by atoms with E-state index in [0.29, 0.717) is 31.1 Å². The van der Waals surface area contributed by atoms with Gasteiger partial charge in [0, 0.05) is 31.5 Å². The lowest BCUT2D eigenvalue weighted by Gasteiger charge is -2.48. The number of nitrogens with zero attached hydrogens (tertiary/aromatic N) is 6. The third-order valence-corrected chi connectivity index (χ3v) is 14.1. The third-order valence-electron chi connectivity index (χ3n) is 9.03. The van der Waals surface area contributed by atoms with Crippen LogP contribution in [-0.2, 0) is 15.3 Å². The van der Waals surface area contributed by atoms with Crippen LogP contribution in [0.15, 0.2) is 91.3 Å². The van der Waals surface area contributed by atoms with Crippen molar-refractivity contribution in [1.82, 2.24) is 24.6 Å². The number of piperidine rings is 1. The predicted molar refractivity (Wildman–Crippen MR) is 182 cm³/mol. The Bertz CT molecular complexity index is 1850. The van der Waals surface area contributed by atoms with Gasteiger partial charge in [0.1, 0.15) is 11.7 Å². The van der Waals surface area contributed by atoms with E-state index in [9.17, 15) is 13.2 Å². The minimum Gasteiger partial charge on any atom is -0.469 e. The van der Waals surface area contributed by atoms with Gasteiger partial charge in [-0.2, -0.15) is 18.2 Å². The lowest BCUT2D eigenvalue weighted by molar-refractivity contribution is -0.142. The Morgan fingerprint density at radius 2 is 1.53 bits per heavy atom. The van der Waals surface area contributed by atoms with Crippen molar-refractivity contribution in [1.29, 1.82) is 0 Å². The fourth-order valence-corrected chi connectivity index (χ4v) is 11.4. The SMILES string of the molecule is CC(C)(C)[Si](O[C@@H]1C[C@@H](Nc2ncc(C(F)(F)F)c(OC3COC3)n2)CN(c2nnc3ccccn23)C1)(c1ccccc1)c1ccccc1. The monoisotopic (exact) mass is 689 g/mol. The molecule has 10 nitrogen and oxygen atoms in total. The molecule has 0 amide bonds. The fraction of sp³-hybridized carbons (Fsp3) is 0.371. The van der Waals surface area contributed by atoms with Crippen molar-refractivity contribution in [2.24, 2.45) is 0 Å². The first-order valence-electron chi connectivity index (χ1n) is 16.3. The Morgan fingerprint density at radius 3 is 2.14 bits per heavy atom. The van der Waals surface area contributed by atoms with Gasteiger partial charge in [-0.1, -0.05) is 87.5 Å². The van der Waals surface area contributed by atoms with Crippen LogP contribution in [0.3, 0.4) is 0 Å². The molecule has 0 aliphatic carbocycles. The van der Waals surface area contributed by atoms with Crippen molar-refractivity contribution in [3.05, 3.63) is 96.8 Å². The summed E-state index contributed by atoms with van der Waals surface area (Å²) in [4.78, 5) is 10.4. The van der Waals surface area contributed by atoms with Crippen LogP contribution in [0.25, 0.3) is 5.65 Å². The summed E-state index contributed by atoms with van der Waals surface area (Å²) in [6.07, 6.45) is -2.27. The maximum absolute atomic E-state index is 13.9. The summed E-state index contributed by atoms with van der Waals surface area (Å²) in [6.45, 7) is 8.06. The Hall–Kier alpha value is -4.53. The molecule has 2 aliphatic rings. The molecule has 2 aromatic carbocycles. The summed E-state index contributed by atoms with van der Waals surface area (Å²) in [6, 6.07) is 26.2. The van der Waals surface area contributed by atoms with Gasteiger partial charge in [0.2, 0.25) is 17.8 Å². The van der Waals surface area contributed by atoms with Crippen LogP contribution in [0.4, 0.5) is 25.1 Å². The van der Waals surface area contributed by atoms with E-state index >= 15 is 0 Å². The predicted octanol–water partition coefficient (Wildman–Crippen LogP) is 4.95. The number of alkyl halides is 3. The van der Waals surface area contributed by atoms with Gasteiger partial charge in [0.05, 0.1) is 19.3 Å². The number of fused-ring (bicyclic) bond motifs is 1. The van der Waals surface area contributed by atoms with E-state index < -0.39 is 32.0 Å². The zero-order valence-corrected chi connectivity index (χ0v) is 28.5. The summed E-state index contributed by atoms with van der Waals surface area (Å²) >= 11 is 0. The molecular formula is C35H38F3N7O3Si. The normalized spacial score (nSPS) is 19.1. The van der Waals surface area contributed by atoms with Crippen molar-refractivity contribution in [3.8, 4) is 5.88 Å². The van der Waals surface area contributed by atoms with Gasteiger partial charge in [-0.25, -0.2) is 4.98 Å². The number of hydrogen-bond donors (Lipinski definition) is 1. The quantitative estimate of drug-likeness (QED) is 0.216. The molecule has 5 aromatic rings. The van der Waals surface area contributed by atoms with Crippen LogP contribution in [0.2, 0.25) is 5.04 Å². The Balaban J connectivity index is 1.27. The van der Waals surface area contributed by atoms with Gasteiger partial charge < -0.3 is 24.1 Å². The molecule has 2 saturated heterocycles. The minimum absolute atomic E-state index is 0.0328. The molecule has 2 fully saturated rings. The number of pyridine rings is 1. The Kier molecular flexibility index (Phi) is 8.79. The summed E-state index contributed by atoms with van der Waals surface area (Å²) in [7, 11) is -2.97. The number of halogens is 3. The molecule has 49 heavy (non-hydrogen) atoms. The van der Waals surface area contributed by atoms with Crippen molar-refractivity contribution < 1.29 is 27.1 Å². The van der Waals surface area contributed by atoms with Crippen LogP contribution in [0.5, 0.6) is 5.88 Å². The number of rotatable bonds is 9. The first kappa shape index (κ1) is 33.0. The molecule has 256 valence electrons. The van der Waals surface area contributed by atoms with E-state index in [4.69, 9.17) is 13.9 Å². The first-order chi connectivity index (χ1) is 23.5. The number of hydrogen-bond acceptors (Lipinski definition) is 9. The fourth-order valence-electron chi connectivity index (χ4n) is 6.73. The van der Waals surface area contributed by atoms with E-state index in [1.165, 1.54) is 0 Å². The summed E-state index contributed by atoms with van der Waals surface area (Å²) in [5, 5.41) is 14.3. The molecule has 2 aliphatic heterocycles. The van der Waals surface area contributed by atoms with Crippen LogP contribution < -0.4 is 25.3 Å². The van der Waals surface area contributed by atoms with Crippen molar-refractivity contribution in [2.75, 3.05) is 36.5 Å². The highest BCUT2D eigenvalue weighted by atomic mass is 28.4. The van der Waals surface area contributed by atoms with Gasteiger partial charge in [0.25, 0.3) is 8.32 Å². The molecule has 1 N–H and O–H groups in total. The van der Waals surface area contributed by atoms with Gasteiger partial charge in [-0.3, -0.25) is 4.40 Å². The molecule has 0 unspecified atom stereocenters. The molecule has 14 heteroatoms. The summed E-state index contributed by atoms with van der Waals surface area (Å²) in [5.41, 5.74) is -0.331. The molecule has 0 bridgehead atoms. The van der Waals surface area contributed by atoms with Crippen molar-refractivity contribution >= 4 is 36.2 Å². The minimum atomic E-state index is -4.68. The molecule has 0 radical (unpaired) electrons. The molecule has 3 aromatic heterocycles. The molecule has 0 spiro atoms. The molecule has 7 rings (SSSR count). The highest BCUT2D eigenvalue weighted by Crippen LogP contribution is 2.39.